The van der Waals surface area contributed by atoms with Crippen LogP contribution in [0.25, 0.3) is 0 Å². The summed E-state index contributed by atoms with van der Waals surface area (Å²) in [6, 6.07) is 6.28. The van der Waals surface area contributed by atoms with Gasteiger partial charge in [0.1, 0.15) is 5.60 Å². The molecule has 0 aliphatic carbocycles. The van der Waals surface area contributed by atoms with Crippen molar-refractivity contribution in [2.45, 2.75) is 38.8 Å². The molecule has 1 atom stereocenters. The van der Waals surface area contributed by atoms with Gasteiger partial charge in [0.25, 0.3) is 0 Å². The van der Waals surface area contributed by atoms with Gasteiger partial charge in [-0.2, -0.15) is 0 Å². The summed E-state index contributed by atoms with van der Waals surface area (Å²) in [5.74, 6) is 0. The smallest absolute Gasteiger partial charge is 0.412 e. The lowest BCUT2D eigenvalue weighted by molar-refractivity contribution is 0.0636. The average molecular weight is 320 g/mol. The van der Waals surface area contributed by atoms with Crippen LogP contribution in [0.3, 0.4) is 0 Å². The van der Waals surface area contributed by atoms with Gasteiger partial charge in [-0.15, -0.1) is 0 Å². The predicted octanol–water partition coefficient (Wildman–Crippen LogP) is 2.76. The van der Waals surface area contributed by atoms with Crippen LogP contribution in [-0.2, 0) is 4.74 Å². The van der Waals surface area contributed by atoms with Gasteiger partial charge in [0.05, 0.1) is 11.4 Å². The number of hydrogen-bond acceptors (Lipinski definition) is 5. The second-order valence-corrected chi connectivity index (χ2v) is 7.25. The Hall–Kier alpha value is -1.95. The number of nitrogens with zero attached hydrogens (tertiary/aromatic N) is 2. The number of ether oxygens (including phenoxy) is 1. The van der Waals surface area contributed by atoms with Gasteiger partial charge >= 0.3 is 6.09 Å². The van der Waals surface area contributed by atoms with Crippen LogP contribution in [0.2, 0.25) is 0 Å². The summed E-state index contributed by atoms with van der Waals surface area (Å²) >= 11 is 0. The van der Waals surface area contributed by atoms with E-state index in [-0.39, 0.29) is 0 Å². The highest BCUT2D eigenvalue weighted by Crippen LogP contribution is 2.29. The molecule has 2 rings (SSSR count). The molecule has 0 spiro atoms. The third-order valence-electron chi connectivity index (χ3n) is 3.93. The van der Waals surface area contributed by atoms with Crippen molar-refractivity contribution >= 4 is 23.2 Å². The second-order valence-electron chi connectivity index (χ2n) is 7.25. The normalized spacial score (nSPS) is 18.3. The zero-order chi connectivity index (χ0) is 17.2. The number of anilines is 3. The first kappa shape index (κ1) is 17.4. The second kappa shape index (κ2) is 6.66. The van der Waals surface area contributed by atoms with Crippen LogP contribution >= 0.6 is 0 Å². The molecular formula is C17H28N4O2. The fraction of sp³-hybridized carbons (Fsp3) is 0.588. The number of nitrogens with one attached hydrogen (secondary N) is 1. The minimum absolute atomic E-state index is 0.492. The van der Waals surface area contributed by atoms with E-state index in [4.69, 9.17) is 10.5 Å². The minimum Gasteiger partial charge on any atom is -0.444 e. The van der Waals surface area contributed by atoms with Gasteiger partial charge in [-0.25, -0.2) is 4.79 Å². The number of amides is 1. The Labute approximate surface area is 138 Å². The van der Waals surface area contributed by atoms with Crippen molar-refractivity contribution in [3.63, 3.8) is 0 Å². The molecule has 0 unspecified atom stereocenters. The molecule has 1 aromatic rings. The molecule has 1 aliphatic heterocycles. The van der Waals surface area contributed by atoms with Crippen molar-refractivity contribution in [1.82, 2.24) is 4.90 Å². The maximum atomic E-state index is 11.9. The maximum Gasteiger partial charge on any atom is 0.412 e. The molecular weight excluding hydrogens is 292 g/mol. The standard InChI is InChI=1S/C17H28N4O2/c1-17(2,3)23-16(22)19-15-10-12(6-7-14(15)18)21-9-8-13(11-21)20(4)5/h6-7,10,13H,8-9,11,18H2,1-5H3,(H,19,22)/t13-/m0/s1. The van der Waals surface area contributed by atoms with E-state index in [0.29, 0.717) is 17.4 Å². The fourth-order valence-electron chi connectivity index (χ4n) is 2.66. The zero-order valence-corrected chi connectivity index (χ0v) is 14.7. The number of nitrogens with two attached hydrogens (primary N) is 1. The topological polar surface area (TPSA) is 70.8 Å². The van der Waals surface area contributed by atoms with E-state index >= 15 is 0 Å². The largest absolute Gasteiger partial charge is 0.444 e. The third kappa shape index (κ3) is 4.76. The van der Waals surface area contributed by atoms with E-state index in [2.05, 4.69) is 29.2 Å². The van der Waals surface area contributed by atoms with Gasteiger partial charge in [0.2, 0.25) is 0 Å². The first-order valence-electron chi connectivity index (χ1n) is 7.96. The van der Waals surface area contributed by atoms with Crippen LogP contribution in [0, 0.1) is 0 Å². The number of nitrogen functional groups attached to an aromatic ring is 1. The van der Waals surface area contributed by atoms with Gasteiger partial charge in [0, 0.05) is 24.8 Å². The van der Waals surface area contributed by atoms with Crippen molar-refractivity contribution in [2.24, 2.45) is 0 Å². The van der Waals surface area contributed by atoms with E-state index in [0.717, 1.165) is 25.2 Å². The van der Waals surface area contributed by atoms with Gasteiger partial charge in [-0.3, -0.25) is 5.32 Å². The predicted molar refractivity (Wildman–Crippen MR) is 95.0 cm³/mol. The average Bonchev–Trinajstić information content (AvgIpc) is 2.89. The molecule has 3 N–H and O–H groups in total. The molecule has 6 nitrogen and oxygen atoms in total. The number of rotatable bonds is 3. The molecule has 0 radical (unpaired) electrons. The van der Waals surface area contributed by atoms with E-state index in [9.17, 15) is 4.79 Å². The van der Waals surface area contributed by atoms with E-state index < -0.39 is 11.7 Å². The van der Waals surface area contributed by atoms with Gasteiger partial charge in [0.15, 0.2) is 0 Å². The molecule has 1 fully saturated rings. The van der Waals surface area contributed by atoms with Crippen molar-refractivity contribution in [3.05, 3.63) is 18.2 Å². The summed E-state index contributed by atoms with van der Waals surface area (Å²) in [6.07, 6.45) is 0.639. The van der Waals surface area contributed by atoms with E-state index in [1.54, 1.807) is 0 Å². The zero-order valence-electron chi connectivity index (χ0n) is 14.7. The summed E-state index contributed by atoms with van der Waals surface area (Å²) in [5.41, 5.74) is 7.62. The highest BCUT2D eigenvalue weighted by Gasteiger charge is 2.24. The summed E-state index contributed by atoms with van der Waals surface area (Å²) < 4.78 is 5.28. The van der Waals surface area contributed by atoms with Crippen molar-refractivity contribution in [3.8, 4) is 0 Å². The van der Waals surface area contributed by atoms with E-state index in [1.807, 2.05) is 39.0 Å². The van der Waals surface area contributed by atoms with Gasteiger partial charge in [-0.1, -0.05) is 0 Å². The Morgan fingerprint density at radius 3 is 2.65 bits per heavy atom. The van der Waals surface area contributed by atoms with Crippen molar-refractivity contribution < 1.29 is 9.53 Å². The Bertz CT molecular complexity index is 566. The first-order valence-corrected chi connectivity index (χ1v) is 7.96. The fourth-order valence-corrected chi connectivity index (χ4v) is 2.66. The summed E-state index contributed by atoms with van der Waals surface area (Å²) in [5, 5.41) is 2.74. The first-order chi connectivity index (χ1) is 10.7. The van der Waals surface area contributed by atoms with Gasteiger partial charge in [-0.05, 0) is 59.5 Å². The number of likely N-dealkylation sites (N-methyl/N-ethyl adjacent to an activating group) is 1. The molecule has 0 saturated carbocycles. The van der Waals surface area contributed by atoms with Gasteiger partial charge < -0.3 is 20.3 Å². The third-order valence-corrected chi connectivity index (χ3v) is 3.93. The molecule has 128 valence electrons. The summed E-state index contributed by atoms with van der Waals surface area (Å²) in [7, 11) is 4.21. The van der Waals surface area contributed by atoms with Crippen LogP contribution in [0.4, 0.5) is 21.9 Å². The number of hydrogen-bond donors (Lipinski definition) is 2. The molecule has 1 saturated heterocycles. The molecule has 23 heavy (non-hydrogen) atoms. The van der Waals surface area contributed by atoms with Crippen molar-refractivity contribution in [2.75, 3.05) is 43.1 Å². The molecule has 1 heterocycles. The molecule has 6 heteroatoms. The van der Waals surface area contributed by atoms with Crippen LogP contribution in [-0.4, -0.2) is 49.8 Å². The van der Waals surface area contributed by atoms with Crippen LogP contribution in [0.15, 0.2) is 18.2 Å². The number of benzene rings is 1. The highest BCUT2D eigenvalue weighted by atomic mass is 16.6. The monoisotopic (exact) mass is 320 g/mol. The summed E-state index contributed by atoms with van der Waals surface area (Å²) in [4.78, 5) is 16.5. The van der Waals surface area contributed by atoms with Crippen LogP contribution < -0.4 is 16.0 Å². The quantitative estimate of drug-likeness (QED) is 0.838. The highest BCUT2D eigenvalue weighted by molar-refractivity contribution is 5.90. The van der Waals surface area contributed by atoms with Crippen LogP contribution in [0.5, 0.6) is 0 Å². The van der Waals surface area contributed by atoms with Crippen LogP contribution in [0.1, 0.15) is 27.2 Å². The minimum atomic E-state index is -0.537. The molecule has 0 aromatic heterocycles. The Kier molecular flexibility index (Phi) is 5.04. The molecule has 0 bridgehead atoms. The lowest BCUT2D eigenvalue weighted by atomic mass is 10.2. The summed E-state index contributed by atoms with van der Waals surface area (Å²) in [6.45, 7) is 7.47. The lowest BCUT2D eigenvalue weighted by Crippen LogP contribution is -2.31. The van der Waals surface area contributed by atoms with Crippen molar-refractivity contribution in [1.29, 1.82) is 0 Å². The Morgan fingerprint density at radius 2 is 2.09 bits per heavy atom. The van der Waals surface area contributed by atoms with E-state index in [1.165, 1.54) is 0 Å². The molecule has 1 aromatic carbocycles. The Morgan fingerprint density at radius 1 is 1.39 bits per heavy atom. The maximum absolute atomic E-state index is 11.9. The SMILES string of the molecule is CN(C)[C@H]1CCN(c2ccc(N)c(NC(=O)OC(C)(C)C)c2)C1. The number of carbonyl (C=O) groups excluding carboxylic acids is 1. The number of carbonyl (C=O) groups is 1. The lowest BCUT2D eigenvalue weighted by Gasteiger charge is -2.23. The molecule has 1 aliphatic rings. The molecule has 1 amide bonds. The Balaban J connectivity index is 2.09.